The highest BCUT2D eigenvalue weighted by Crippen LogP contribution is 2.28. The molecule has 0 N–H and O–H groups in total. The molecule has 1 aromatic heterocycles. The molecule has 0 fully saturated rings. The minimum Gasteiger partial charge on any atom is -0.307 e. The van der Waals surface area contributed by atoms with Crippen molar-refractivity contribution in [1.29, 1.82) is 0 Å². The van der Waals surface area contributed by atoms with Crippen molar-refractivity contribution in [2.75, 3.05) is 11.4 Å². The molecule has 3 aromatic rings. The third kappa shape index (κ3) is 2.91. The first-order valence-electron chi connectivity index (χ1n) is 8.04. The average Bonchev–Trinajstić information content (AvgIpc) is 3.10. The summed E-state index contributed by atoms with van der Waals surface area (Å²) in [5, 5.41) is 4.20. The molecule has 2 heterocycles. The van der Waals surface area contributed by atoms with Crippen molar-refractivity contribution in [1.82, 2.24) is 9.78 Å². The van der Waals surface area contributed by atoms with E-state index in [9.17, 15) is 13.6 Å². The van der Waals surface area contributed by atoms with Crippen molar-refractivity contribution in [3.8, 4) is 5.69 Å². The lowest BCUT2D eigenvalue weighted by molar-refractivity contribution is 0.0980. The molecule has 4 nitrogen and oxygen atoms in total. The highest BCUT2D eigenvalue weighted by atomic mass is 19.1. The predicted octanol–water partition coefficient (Wildman–Crippen LogP) is 3.74. The van der Waals surface area contributed by atoms with Gasteiger partial charge in [-0.1, -0.05) is 18.2 Å². The molecular formula is C19H15F2N3O. The molecule has 25 heavy (non-hydrogen) atoms. The Morgan fingerprint density at radius 3 is 2.60 bits per heavy atom. The molecule has 0 saturated heterocycles. The van der Waals surface area contributed by atoms with Gasteiger partial charge in [0.2, 0.25) is 0 Å². The van der Waals surface area contributed by atoms with Crippen molar-refractivity contribution in [2.45, 2.75) is 12.8 Å². The van der Waals surface area contributed by atoms with Crippen LogP contribution in [0.4, 0.5) is 14.5 Å². The molecule has 1 amide bonds. The number of halogens is 2. The van der Waals surface area contributed by atoms with Crippen molar-refractivity contribution >= 4 is 11.6 Å². The van der Waals surface area contributed by atoms with Crippen LogP contribution in [-0.2, 0) is 6.42 Å². The van der Waals surface area contributed by atoms with Crippen LogP contribution in [-0.4, -0.2) is 22.2 Å². The summed E-state index contributed by atoms with van der Waals surface area (Å²) in [5.74, 6) is -1.60. The number of nitrogens with zero attached hydrogens (tertiary/aromatic N) is 3. The summed E-state index contributed by atoms with van der Waals surface area (Å²) >= 11 is 0. The minimum atomic E-state index is -0.691. The fourth-order valence-electron chi connectivity index (χ4n) is 3.14. The normalized spacial score (nSPS) is 13.6. The molecule has 0 spiro atoms. The van der Waals surface area contributed by atoms with Gasteiger partial charge in [0.05, 0.1) is 5.69 Å². The quantitative estimate of drug-likeness (QED) is 0.713. The predicted molar refractivity (Wildman–Crippen MR) is 89.9 cm³/mol. The van der Waals surface area contributed by atoms with E-state index in [0.717, 1.165) is 30.2 Å². The minimum absolute atomic E-state index is 0.220. The molecule has 1 aliphatic heterocycles. The maximum atomic E-state index is 13.4. The number of rotatable bonds is 2. The summed E-state index contributed by atoms with van der Waals surface area (Å²) in [5.41, 5.74) is 2.50. The summed E-state index contributed by atoms with van der Waals surface area (Å²) in [4.78, 5) is 14.5. The number of hydrogen-bond donors (Lipinski definition) is 0. The van der Waals surface area contributed by atoms with Crippen LogP contribution in [0.3, 0.4) is 0 Å². The Kier molecular flexibility index (Phi) is 3.80. The van der Waals surface area contributed by atoms with Crippen molar-refractivity contribution in [2.24, 2.45) is 0 Å². The molecule has 1 aliphatic rings. The highest BCUT2D eigenvalue weighted by Gasteiger charge is 2.24. The number of para-hydroxylation sites is 1. The molecule has 6 heteroatoms. The zero-order valence-electron chi connectivity index (χ0n) is 13.3. The molecule has 2 aromatic carbocycles. The van der Waals surface area contributed by atoms with E-state index in [1.165, 1.54) is 23.0 Å². The number of anilines is 1. The molecular weight excluding hydrogens is 324 g/mol. The lowest BCUT2D eigenvalue weighted by atomic mass is 10.0. The molecule has 0 radical (unpaired) electrons. The van der Waals surface area contributed by atoms with E-state index in [2.05, 4.69) is 5.10 Å². The first kappa shape index (κ1) is 15.5. The summed E-state index contributed by atoms with van der Waals surface area (Å²) in [6.45, 7) is 0.622. The van der Waals surface area contributed by atoms with Crippen LogP contribution in [0.15, 0.2) is 54.7 Å². The van der Waals surface area contributed by atoms with E-state index in [-0.39, 0.29) is 17.3 Å². The second-order valence-electron chi connectivity index (χ2n) is 5.96. The smallest absolute Gasteiger partial charge is 0.278 e. The van der Waals surface area contributed by atoms with Gasteiger partial charge in [-0.3, -0.25) is 4.79 Å². The van der Waals surface area contributed by atoms with Gasteiger partial charge in [0.25, 0.3) is 5.91 Å². The van der Waals surface area contributed by atoms with Gasteiger partial charge in [-0.15, -0.1) is 0 Å². The summed E-state index contributed by atoms with van der Waals surface area (Å²) in [6, 6.07) is 12.5. The molecule has 0 atom stereocenters. The lowest BCUT2D eigenvalue weighted by Crippen LogP contribution is -2.35. The summed E-state index contributed by atoms with van der Waals surface area (Å²) < 4.78 is 28.1. The largest absolute Gasteiger partial charge is 0.307 e. The van der Waals surface area contributed by atoms with Crippen LogP contribution in [0.1, 0.15) is 22.5 Å². The molecule has 126 valence electrons. The Hall–Kier alpha value is -3.02. The van der Waals surface area contributed by atoms with Gasteiger partial charge in [-0.25, -0.2) is 13.5 Å². The number of aryl methyl sites for hydroxylation is 1. The molecule has 0 bridgehead atoms. The van der Waals surface area contributed by atoms with Gasteiger partial charge in [-0.05, 0) is 42.7 Å². The van der Waals surface area contributed by atoms with E-state index in [0.29, 0.717) is 6.54 Å². The summed E-state index contributed by atoms with van der Waals surface area (Å²) in [7, 11) is 0. The molecule has 4 rings (SSSR count). The third-order valence-corrected chi connectivity index (χ3v) is 4.28. The second-order valence-corrected chi connectivity index (χ2v) is 5.96. The number of benzene rings is 2. The second kappa shape index (κ2) is 6.12. The zero-order chi connectivity index (χ0) is 17.4. The number of amides is 1. The van der Waals surface area contributed by atoms with Crippen LogP contribution in [0.5, 0.6) is 0 Å². The van der Waals surface area contributed by atoms with Crippen LogP contribution in [0.25, 0.3) is 5.69 Å². The Bertz CT molecular complexity index is 931. The van der Waals surface area contributed by atoms with Gasteiger partial charge in [0.1, 0.15) is 11.6 Å². The van der Waals surface area contributed by atoms with Gasteiger partial charge < -0.3 is 4.90 Å². The highest BCUT2D eigenvalue weighted by molar-refractivity contribution is 6.05. The van der Waals surface area contributed by atoms with E-state index in [1.807, 2.05) is 24.3 Å². The Balaban J connectivity index is 1.66. The third-order valence-electron chi connectivity index (χ3n) is 4.28. The molecule has 0 saturated carbocycles. The van der Waals surface area contributed by atoms with Crippen LogP contribution in [0.2, 0.25) is 0 Å². The topological polar surface area (TPSA) is 38.1 Å². The van der Waals surface area contributed by atoms with Gasteiger partial charge in [0.15, 0.2) is 5.69 Å². The van der Waals surface area contributed by atoms with E-state index in [4.69, 9.17) is 0 Å². The zero-order valence-corrected chi connectivity index (χ0v) is 13.3. The number of fused-ring (bicyclic) bond motifs is 1. The van der Waals surface area contributed by atoms with E-state index < -0.39 is 11.6 Å². The first-order valence-corrected chi connectivity index (χ1v) is 8.04. The average molecular weight is 339 g/mol. The summed E-state index contributed by atoms with van der Waals surface area (Å²) in [6.07, 6.45) is 3.35. The number of hydrogen-bond acceptors (Lipinski definition) is 2. The fraction of sp³-hybridized carbons (Fsp3) is 0.158. The maximum absolute atomic E-state index is 13.4. The molecule has 0 unspecified atom stereocenters. The van der Waals surface area contributed by atoms with Crippen LogP contribution >= 0.6 is 0 Å². The lowest BCUT2D eigenvalue weighted by Gasteiger charge is -2.28. The van der Waals surface area contributed by atoms with Crippen molar-refractivity contribution in [3.05, 3.63) is 77.6 Å². The van der Waals surface area contributed by atoms with Gasteiger partial charge in [-0.2, -0.15) is 5.10 Å². The SMILES string of the molecule is O=C(c1ccn(-c2cc(F)cc(F)c2)n1)N1CCCc2ccccc21. The van der Waals surface area contributed by atoms with E-state index in [1.54, 1.807) is 11.0 Å². The maximum Gasteiger partial charge on any atom is 0.278 e. The fourth-order valence-corrected chi connectivity index (χ4v) is 3.14. The number of carbonyl (C=O) groups is 1. The van der Waals surface area contributed by atoms with Crippen LogP contribution < -0.4 is 4.90 Å². The van der Waals surface area contributed by atoms with E-state index >= 15 is 0 Å². The van der Waals surface area contributed by atoms with Crippen molar-refractivity contribution in [3.63, 3.8) is 0 Å². The van der Waals surface area contributed by atoms with Gasteiger partial charge in [0, 0.05) is 24.5 Å². The Labute approximate surface area is 143 Å². The first-order chi connectivity index (χ1) is 12.1. The van der Waals surface area contributed by atoms with Crippen molar-refractivity contribution < 1.29 is 13.6 Å². The number of aromatic nitrogens is 2. The standard InChI is InChI=1S/C19H15F2N3O/c20-14-10-15(21)12-16(11-14)24-9-7-17(22-24)19(25)23-8-3-5-13-4-1-2-6-18(13)23/h1-2,4,6-7,9-12H,3,5,8H2. The Morgan fingerprint density at radius 2 is 1.80 bits per heavy atom. The Morgan fingerprint density at radius 1 is 1.04 bits per heavy atom. The number of carbonyl (C=O) groups excluding carboxylic acids is 1. The van der Waals surface area contributed by atoms with Gasteiger partial charge >= 0.3 is 0 Å². The van der Waals surface area contributed by atoms with Crippen LogP contribution in [0, 0.1) is 11.6 Å². The molecule has 0 aliphatic carbocycles. The monoisotopic (exact) mass is 339 g/mol.